The van der Waals surface area contributed by atoms with E-state index in [9.17, 15) is 14.8 Å². The number of ether oxygens (including phenoxy) is 1. The Kier molecular flexibility index (Phi) is 4.96. The van der Waals surface area contributed by atoms with E-state index in [2.05, 4.69) is 15.3 Å². The van der Waals surface area contributed by atoms with Crippen molar-refractivity contribution in [2.75, 3.05) is 11.9 Å². The van der Waals surface area contributed by atoms with E-state index >= 15 is 0 Å². The van der Waals surface area contributed by atoms with Crippen LogP contribution < -0.4 is 21.3 Å². The number of primary amides is 1. The summed E-state index contributed by atoms with van der Waals surface area (Å²) in [6.45, 7) is 0.920. The molecule has 5 rings (SSSR count). The molecule has 0 unspecified atom stereocenters. The minimum absolute atomic E-state index is 0.308. The van der Waals surface area contributed by atoms with Crippen molar-refractivity contribution in [1.29, 1.82) is 0 Å². The van der Waals surface area contributed by atoms with Gasteiger partial charge in [0.15, 0.2) is 5.82 Å². The van der Waals surface area contributed by atoms with Crippen LogP contribution in [0.1, 0.15) is 21.6 Å². The number of hydrogen-bond acceptors (Lipinski definition) is 8. The zero-order chi connectivity index (χ0) is 22.2. The summed E-state index contributed by atoms with van der Waals surface area (Å²) < 4.78 is 7.29. The van der Waals surface area contributed by atoms with Gasteiger partial charge in [-0.05, 0) is 23.2 Å². The fraction of sp³-hybridized carbons (Fsp3) is 0.143. The fourth-order valence-corrected chi connectivity index (χ4v) is 3.75. The molecule has 32 heavy (non-hydrogen) atoms. The predicted molar refractivity (Wildman–Crippen MR) is 118 cm³/mol. The van der Waals surface area contributed by atoms with E-state index in [1.54, 1.807) is 34.7 Å². The number of carbonyl (C=O) groups is 1. The van der Waals surface area contributed by atoms with Gasteiger partial charge in [0.2, 0.25) is 5.88 Å². The van der Waals surface area contributed by atoms with Crippen LogP contribution in [0.5, 0.6) is 5.88 Å². The van der Waals surface area contributed by atoms with E-state index in [4.69, 9.17) is 15.5 Å². The molecule has 5 N–H and O–H groups in total. The lowest BCUT2D eigenvalue weighted by Crippen LogP contribution is -2.30. The van der Waals surface area contributed by atoms with Gasteiger partial charge in [0.05, 0.1) is 17.7 Å². The van der Waals surface area contributed by atoms with Crippen LogP contribution >= 0.6 is 0 Å². The zero-order valence-electron chi connectivity index (χ0n) is 16.9. The van der Waals surface area contributed by atoms with Crippen molar-refractivity contribution in [3.8, 4) is 17.4 Å². The highest BCUT2D eigenvalue weighted by Gasteiger charge is 2.23. The van der Waals surface area contributed by atoms with Gasteiger partial charge >= 0.3 is 7.12 Å². The molecule has 4 aromatic rings. The van der Waals surface area contributed by atoms with Crippen molar-refractivity contribution in [3.63, 3.8) is 0 Å². The Hall–Kier alpha value is -3.96. The van der Waals surface area contributed by atoms with Gasteiger partial charge in [-0.1, -0.05) is 30.3 Å². The SMILES string of the molecule is NC(=O)c1cccc2c(-c3nc(NCc4cccc(B(O)O)c4)c4c(n3)OCC4)ncn12. The lowest BCUT2D eigenvalue weighted by molar-refractivity contribution is 0.0994. The summed E-state index contributed by atoms with van der Waals surface area (Å²) in [4.78, 5) is 25.4. The van der Waals surface area contributed by atoms with Crippen LogP contribution in [-0.4, -0.2) is 49.0 Å². The second-order valence-electron chi connectivity index (χ2n) is 7.37. The number of amides is 1. The molecule has 0 saturated carbocycles. The van der Waals surface area contributed by atoms with E-state index in [1.165, 1.54) is 6.33 Å². The van der Waals surface area contributed by atoms with Crippen molar-refractivity contribution in [2.24, 2.45) is 5.73 Å². The maximum absolute atomic E-state index is 11.7. The Balaban J connectivity index is 1.52. The molecule has 3 aromatic heterocycles. The Morgan fingerprint density at radius 3 is 2.88 bits per heavy atom. The highest BCUT2D eigenvalue weighted by molar-refractivity contribution is 6.58. The van der Waals surface area contributed by atoms with Crippen molar-refractivity contribution in [3.05, 3.63) is 65.6 Å². The normalized spacial score (nSPS) is 12.4. The third-order valence-corrected chi connectivity index (χ3v) is 5.31. The first-order valence-corrected chi connectivity index (χ1v) is 10.00. The Bertz CT molecular complexity index is 1340. The van der Waals surface area contributed by atoms with Crippen LogP contribution in [0.25, 0.3) is 17.0 Å². The highest BCUT2D eigenvalue weighted by Crippen LogP contribution is 2.32. The van der Waals surface area contributed by atoms with E-state index < -0.39 is 13.0 Å². The van der Waals surface area contributed by atoms with Crippen molar-refractivity contribution in [1.82, 2.24) is 19.4 Å². The summed E-state index contributed by atoms with van der Waals surface area (Å²) >= 11 is 0. The van der Waals surface area contributed by atoms with Crippen LogP contribution in [-0.2, 0) is 13.0 Å². The number of carbonyl (C=O) groups excluding carboxylic acids is 1. The van der Waals surface area contributed by atoms with Crippen LogP contribution in [0.4, 0.5) is 5.82 Å². The maximum atomic E-state index is 11.7. The molecular formula is C21H19BN6O4. The average molecular weight is 430 g/mol. The largest absolute Gasteiger partial charge is 0.488 e. The number of anilines is 1. The molecule has 1 aromatic carbocycles. The number of nitrogens with two attached hydrogens (primary N) is 1. The molecule has 0 fully saturated rings. The predicted octanol–water partition coefficient (Wildman–Crippen LogP) is 0.117. The lowest BCUT2D eigenvalue weighted by atomic mass is 9.79. The molecule has 0 spiro atoms. The van der Waals surface area contributed by atoms with Crippen molar-refractivity contribution >= 4 is 29.8 Å². The van der Waals surface area contributed by atoms with E-state index in [0.29, 0.717) is 59.5 Å². The molecule has 10 nitrogen and oxygen atoms in total. The van der Waals surface area contributed by atoms with Gasteiger partial charge in [0.1, 0.15) is 23.5 Å². The molecule has 160 valence electrons. The Morgan fingerprint density at radius 1 is 1.22 bits per heavy atom. The number of benzene rings is 1. The maximum Gasteiger partial charge on any atom is 0.488 e. The number of nitrogens with one attached hydrogen (secondary N) is 1. The zero-order valence-corrected chi connectivity index (χ0v) is 16.9. The molecule has 0 radical (unpaired) electrons. The molecule has 0 bridgehead atoms. The number of rotatable bonds is 6. The van der Waals surface area contributed by atoms with Gasteiger partial charge in [0.25, 0.3) is 5.91 Å². The molecule has 11 heteroatoms. The number of hydrogen-bond donors (Lipinski definition) is 4. The van der Waals surface area contributed by atoms with Crippen LogP contribution in [0.3, 0.4) is 0 Å². The van der Waals surface area contributed by atoms with E-state index in [0.717, 1.165) is 11.1 Å². The van der Waals surface area contributed by atoms with Crippen molar-refractivity contribution in [2.45, 2.75) is 13.0 Å². The van der Waals surface area contributed by atoms with Gasteiger partial charge < -0.3 is 25.8 Å². The summed E-state index contributed by atoms with van der Waals surface area (Å²) in [6.07, 6.45) is 2.18. The van der Waals surface area contributed by atoms with Gasteiger partial charge in [-0.2, -0.15) is 4.98 Å². The Labute approximate surface area is 182 Å². The first-order chi connectivity index (χ1) is 15.5. The molecule has 1 amide bonds. The second-order valence-corrected chi connectivity index (χ2v) is 7.37. The van der Waals surface area contributed by atoms with Crippen LogP contribution in [0, 0.1) is 0 Å². The molecule has 4 heterocycles. The number of fused-ring (bicyclic) bond motifs is 2. The number of aromatic nitrogens is 4. The molecule has 0 atom stereocenters. The van der Waals surface area contributed by atoms with E-state index in [-0.39, 0.29) is 0 Å². The minimum Gasteiger partial charge on any atom is -0.477 e. The summed E-state index contributed by atoms with van der Waals surface area (Å²) in [7, 11) is -1.53. The Morgan fingerprint density at radius 2 is 2.06 bits per heavy atom. The minimum atomic E-state index is -1.53. The van der Waals surface area contributed by atoms with E-state index in [1.807, 2.05) is 12.1 Å². The second kappa shape index (κ2) is 7.95. The third-order valence-electron chi connectivity index (χ3n) is 5.31. The lowest BCUT2D eigenvalue weighted by Gasteiger charge is -2.11. The number of pyridine rings is 1. The smallest absolute Gasteiger partial charge is 0.477 e. The van der Waals surface area contributed by atoms with Crippen molar-refractivity contribution < 1.29 is 19.6 Å². The topological polar surface area (TPSA) is 148 Å². The summed E-state index contributed by atoms with van der Waals surface area (Å²) in [5.41, 5.74) is 9.07. The van der Waals surface area contributed by atoms with Gasteiger partial charge in [-0.25, -0.2) is 9.97 Å². The number of nitrogens with zero attached hydrogens (tertiary/aromatic N) is 4. The third kappa shape index (κ3) is 3.53. The quantitative estimate of drug-likeness (QED) is 0.315. The number of imidazole rings is 1. The average Bonchev–Trinajstić information content (AvgIpc) is 3.44. The monoisotopic (exact) mass is 430 g/mol. The van der Waals surface area contributed by atoms with Gasteiger partial charge in [0, 0.05) is 13.0 Å². The molecule has 1 aliphatic rings. The van der Waals surface area contributed by atoms with Crippen LogP contribution in [0.2, 0.25) is 0 Å². The van der Waals surface area contributed by atoms with Crippen LogP contribution in [0.15, 0.2) is 48.8 Å². The van der Waals surface area contributed by atoms with Gasteiger partial charge in [-0.15, -0.1) is 0 Å². The summed E-state index contributed by atoms with van der Waals surface area (Å²) in [5, 5.41) is 22.1. The standard InChI is InChI=1S/C21H19BN6O4/c23-18(29)16-6-2-5-15-17(25-11-28(15)16)20-26-19(14-7-8-32-21(14)27-20)24-10-12-3-1-4-13(9-12)22(30)31/h1-6,9,11,30-31H,7-8,10H2,(H2,23,29)(H,24,26,27). The molecule has 0 saturated heterocycles. The molecular weight excluding hydrogens is 411 g/mol. The summed E-state index contributed by atoms with van der Waals surface area (Å²) in [5.74, 6) is 0.904. The highest BCUT2D eigenvalue weighted by atomic mass is 16.5. The fourth-order valence-electron chi connectivity index (χ4n) is 3.75. The first-order valence-electron chi connectivity index (χ1n) is 10.00. The van der Waals surface area contributed by atoms with Gasteiger partial charge in [-0.3, -0.25) is 9.20 Å². The molecule has 0 aliphatic carbocycles. The summed E-state index contributed by atoms with van der Waals surface area (Å²) in [6, 6.07) is 12.2. The first kappa shape index (κ1) is 20.0. The molecule has 1 aliphatic heterocycles.